The minimum absolute atomic E-state index is 0.0494. The van der Waals surface area contributed by atoms with Gasteiger partial charge in [-0.15, -0.1) is 0 Å². The first-order valence-electron chi connectivity index (χ1n) is 6.56. The predicted molar refractivity (Wildman–Crippen MR) is 64.5 cm³/mol. The Morgan fingerprint density at radius 2 is 2.06 bits per heavy atom. The van der Waals surface area contributed by atoms with Crippen molar-refractivity contribution in [3.8, 4) is 0 Å². The average molecular weight is 257 g/mol. The summed E-state index contributed by atoms with van der Waals surface area (Å²) in [6, 6.07) is 0.612. The Morgan fingerprint density at radius 3 is 2.76 bits per heavy atom. The minimum atomic E-state index is -2.91. The van der Waals surface area contributed by atoms with Gasteiger partial charge in [-0.25, -0.2) is 8.42 Å². The van der Waals surface area contributed by atoms with Gasteiger partial charge in [0.15, 0.2) is 9.84 Å². The number of fused-ring (bicyclic) bond motifs is 2. The second-order valence-electron chi connectivity index (χ2n) is 5.69. The van der Waals surface area contributed by atoms with Crippen molar-refractivity contribution >= 4 is 15.6 Å². The summed E-state index contributed by atoms with van der Waals surface area (Å²) in [6.45, 7) is 0. The molecule has 0 amide bonds. The molecule has 0 aromatic carbocycles. The molecule has 17 heavy (non-hydrogen) atoms. The molecule has 96 valence electrons. The number of rotatable bonds is 2. The lowest BCUT2D eigenvalue weighted by Gasteiger charge is -2.30. The van der Waals surface area contributed by atoms with Crippen LogP contribution in [0.1, 0.15) is 38.5 Å². The van der Waals surface area contributed by atoms with Crippen LogP contribution in [0, 0.1) is 5.92 Å². The first kappa shape index (κ1) is 11.7. The molecule has 4 unspecified atom stereocenters. The monoisotopic (exact) mass is 257 g/mol. The van der Waals surface area contributed by atoms with E-state index in [2.05, 4.69) is 5.32 Å². The van der Waals surface area contributed by atoms with Gasteiger partial charge in [-0.05, 0) is 32.1 Å². The van der Waals surface area contributed by atoms with E-state index in [0.717, 1.165) is 25.7 Å². The number of hydrogen-bond acceptors (Lipinski definition) is 4. The van der Waals surface area contributed by atoms with E-state index < -0.39 is 9.84 Å². The van der Waals surface area contributed by atoms with Gasteiger partial charge in [0.1, 0.15) is 5.78 Å². The molecular weight excluding hydrogens is 238 g/mol. The van der Waals surface area contributed by atoms with Crippen molar-refractivity contribution in [1.29, 1.82) is 0 Å². The van der Waals surface area contributed by atoms with Gasteiger partial charge in [-0.1, -0.05) is 0 Å². The topological polar surface area (TPSA) is 63.2 Å². The first-order valence-corrected chi connectivity index (χ1v) is 8.28. The van der Waals surface area contributed by atoms with Crippen LogP contribution >= 0.6 is 0 Å². The van der Waals surface area contributed by atoms with E-state index in [4.69, 9.17) is 0 Å². The zero-order valence-corrected chi connectivity index (χ0v) is 10.7. The molecule has 0 aromatic rings. The van der Waals surface area contributed by atoms with Crippen molar-refractivity contribution in [3.63, 3.8) is 0 Å². The van der Waals surface area contributed by atoms with E-state index in [-0.39, 0.29) is 17.2 Å². The maximum absolute atomic E-state index is 12.0. The summed E-state index contributed by atoms with van der Waals surface area (Å²) < 4.78 is 23.6. The quantitative estimate of drug-likeness (QED) is 0.789. The lowest BCUT2D eigenvalue weighted by molar-refractivity contribution is -0.125. The predicted octanol–water partition coefficient (Wildman–Crippen LogP) is 0.663. The van der Waals surface area contributed by atoms with Gasteiger partial charge < -0.3 is 5.32 Å². The summed E-state index contributed by atoms with van der Waals surface area (Å²) in [5, 5.41) is 3.20. The van der Waals surface area contributed by atoms with Crippen molar-refractivity contribution in [2.24, 2.45) is 5.92 Å². The van der Waals surface area contributed by atoms with Gasteiger partial charge >= 0.3 is 0 Å². The van der Waals surface area contributed by atoms with Crippen molar-refractivity contribution in [1.82, 2.24) is 5.32 Å². The summed E-state index contributed by atoms with van der Waals surface area (Å²) in [6.07, 6.45) is 4.80. The van der Waals surface area contributed by atoms with Crippen LogP contribution in [0.5, 0.6) is 0 Å². The van der Waals surface area contributed by atoms with Gasteiger partial charge in [-0.2, -0.15) is 0 Å². The SMILES string of the molecule is O=C1CC2CCC(N2)C1CC1CCCS1(=O)=O. The van der Waals surface area contributed by atoms with Crippen LogP contribution < -0.4 is 5.32 Å². The molecule has 4 atom stereocenters. The Labute approximate surface area is 102 Å². The highest BCUT2D eigenvalue weighted by Gasteiger charge is 2.44. The van der Waals surface area contributed by atoms with E-state index in [1.165, 1.54) is 0 Å². The third kappa shape index (κ3) is 2.03. The molecule has 0 aliphatic carbocycles. The van der Waals surface area contributed by atoms with Crippen LogP contribution in [-0.2, 0) is 14.6 Å². The van der Waals surface area contributed by atoms with Crippen LogP contribution in [0.25, 0.3) is 0 Å². The fraction of sp³-hybridized carbons (Fsp3) is 0.917. The largest absolute Gasteiger partial charge is 0.310 e. The van der Waals surface area contributed by atoms with Crippen LogP contribution in [-0.4, -0.2) is 37.3 Å². The smallest absolute Gasteiger partial charge is 0.153 e. The maximum atomic E-state index is 12.0. The zero-order chi connectivity index (χ0) is 12.0. The minimum Gasteiger partial charge on any atom is -0.310 e. The van der Waals surface area contributed by atoms with Gasteiger partial charge in [0.2, 0.25) is 0 Å². The van der Waals surface area contributed by atoms with E-state index in [9.17, 15) is 13.2 Å². The Balaban J connectivity index is 1.74. The van der Waals surface area contributed by atoms with Gasteiger partial charge in [0.05, 0.1) is 11.0 Å². The highest BCUT2D eigenvalue weighted by Crippen LogP contribution is 2.35. The summed E-state index contributed by atoms with van der Waals surface area (Å²) >= 11 is 0. The lowest BCUT2D eigenvalue weighted by Crippen LogP contribution is -2.47. The number of hydrogen-bond donors (Lipinski definition) is 1. The summed E-state index contributed by atoms with van der Waals surface area (Å²) in [5.74, 6) is 0.559. The highest BCUT2D eigenvalue weighted by molar-refractivity contribution is 7.92. The summed E-state index contributed by atoms with van der Waals surface area (Å²) in [5.41, 5.74) is 0. The Kier molecular flexibility index (Phi) is 2.78. The third-order valence-corrected chi connectivity index (χ3v) is 6.90. The van der Waals surface area contributed by atoms with Crippen LogP contribution in [0.3, 0.4) is 0 Å². The number of carbonyl (C=O) groups is 1. The highest BCUT2D eigenvalue weighted by atomic mass is 32.2. The van der Waals surface area contributed by atoms with Crippen molar-refractivity contribution < 1.29 is 13.2 Å². The zero-order valence-electron chi connectivity index (χ0n) is 9.89. The number of carbonyl (C=O) groups excluding carboxylic acids is 1. The van der Waals surface area contributed by atoms with Crippen LogP contribution in [0.4, 0.5) is 0 Å². The molecule has 3 heterocycles. The lowest BCUT2D eigenvalue weighted by atomic mass is 9.86. The molecule has 3 aliphatic rings. The average Bonchev–Trinajstić information content (AvgIpc) is 2.78. The standard InChI is InChI=1S/C12H19NO3S/c14-12-6-8-3-4-11(13-8)10(12)7-9-2-1-5-17(9,15)16/h8-11,13H,1-7H2. The number of ketones is 1. The fourth-order valence-electron chi connectivity index (χ4n) is 3.65. The Morgan fingerprint density at radius 1 is 1.24 bits per heavy atom. The molecule has 3 aliphatic heterocycles. The third-order valence-electron chi connectivity index (χ3n) is 4.60. The molecule has 1 N–H and O–H groups in total. The van der Waals surface area contributed by atoms with E-state index >= 15 is 0 Å². The molecule has 2 bridgehead atoms. The summed E-state index contributed by atoms with van der Waals surface area (Å²) in [4.78, 5) is 12.0. The molecule has 0 saturated carbocycles. The number of Topliss-reactive ketones (excluding diaryl/α,β-unsaturated/α-hetero) is 1. The van der Waals surface area contributed by atoms with Crippen LogP contribution in [0.15, 0.2) is 0 Å². The molecule has 0 radical (unpaired) electrons. The van der Waals surface area contributed by atoms with Crippen LogP contribution in [0.2, 0.25) is 0 Å². The number of piperidine rings is 1. The molecule has 4 nitrogen and oxygen atoms in total. The van der Waals surface area contributed by atoms with Crippen molar-refractivity contribution in [2.45, 2.75) is 55.9 Å². The molecule has 5 heteroatoms. The number of nitrogens with one attached hydrogen (secondary N) is 1. The first-order chi connectivity index (χ1) is 8.06. The normalized spacial score (nSPS) is 44.1. The Hall–Kier alpha value is -0.420. The van der Waals surface area contributed by atoms with E-state index in [1.54, 1.807) is 0 Å². The maximum Gasteiger partial charge on any atom is 0.153 e. The second-order valence-corrected chi connectivity index (χ2v) is 8.09. The molecule has 0 spiro atoms. The van der Waals surface area contributed by atoms with Gasteiger partial charge in [0.25, 0.3) is 0 Å². The van der Waals surface area contributed by atoms with Crippen molar-refractivity contribution in [2.75, 3.05) is 5.75 Å². The molecule has 3 saturated heterocycles. The van der Waals surface area contributed by atoms with Crippen molar-refractivity contribution in [3.05, 3.63) is 0 Å². The Bertz CT molecular complexity index is 431. The number of sulfone groups is 1. The van der Waals surface area contributed by atoms with E-state index in [0.29, 0.717) is 30.4 Å². The molecular formula is C12H19NO3S. The fourth-order valence-corrected chi connectivity index (χ4v) is 5.58. The molecule has 0 aromatic heterocycles. The molecule has 3 rings (SSSR count). The van der Waals surface area contributed by atoms with Gasteiger partial charge in [0, 0.05) is 24.4 Å². The second kappa shape index (κ2) is 4.05. The van der Waals surface area contributed by atoms with Gasteiger partial charge in [-0.3, -0.25) is 4.79 Å². The molecule has 3 fully saturated rings. The summed E-state index contributed by atoms with van der Waals surface area (Å²) in [7, 11) is -2.91. The van der Waals surface area contributed by atoms with E-state index in [1.807, 2.05) is 0 Å².